The zero-order valence-corrected chi connectivity index (χ0v) is 18.4. The van der Waals surface area contributed by atoms with Crippen LogP contribution in [0.2, 0.25) is 0 Å². The zero-order chi connectivity index (χ0) is 22.5. The summed E-state index contributed by atoms with van der Waals surface area (Å²) < 4.78 is 66.3. The molecule has 0 bridgehead atoms. The summed E-state index contributed by atoms with van der Waals surface area (Å²) in [5.74, 6) is -3.10. The van der Waals surface area contributed by atoms with Crippen LogP contribution in [-0.4, -0.2) is 37.3 Å². The molecule has 166 valence electrons. The molecule has 0 amide bonds. The Hall–Kier alpha value is -2.14. The summed E-state index contributed by atoms with van der Waals surface area (Å²) in [5.41, 5.74) is -0.893. The SMILES string of the molecule is CSC(=O)OCc1cc(F)c(NS(=O)(=O)C2CCCC=C2C(=O)OC(C)C)c(F)c1. The van der Waals surface area contributed by atoms with Crippen molar-refractivity contribution in [2.45, 2.75) is 51.1 Å². The monoisotopic (exact) mass is 463 g/mol. The molecule has 0 spiro atoms. The molecule has 1 aromatic carbocycles. The molecule has 0 aliphatic heterocycles. The highest BCUT2D eigenvalue weighted by Crippen LogP contribution is 2.30. The van der Waals surface area contributed by atoms with E-state index in [9.17, 15) is 26.8 Å². The Bertz CT molecular complexity index is 923. The second kappa shape index (κ2) is 10.3. The Balaban J connectivity index is 2.25. The van der Waals surface area contributed by atoms with Gasteiger partial charge < -0.3 is 9.47 Å². The fraction of sp³-hybridized carbons (Fsp3) is 0.474. The van der Waals surface area contributed by atoms with Gasteiger partial charge in [0.05, 0.1) is 11.7 Å². The van der Waals surface area contributed by atoms with Crippen molar-refractivity contribution in [1.29, 1.82) is 0 Å². The average molecular weight is 464 g/mol. The van der Waals surface area contributed by atoms with Crippen LogP contribution in [0.4, 0.5) is 19.3 Å². The molecule has 1 aliphatic carbocycles. The number of anilines is 1. The van der Waals surface area contributed by atoms with E-state index in [1.54, 1.807) is 13.8 Å². The van der Waals surface area contributed by atoms with Gasteiger partial charge in [-0.2, -0.15) is 0 Å². The van der Waals surface area contributed by atoms with Crippen LogP contribution in [0.25, 0.3) is 0 Å². The molecule has 0 radical (unpaired) electrons. The molecule has 1 N–H and O–H groups in total. The van der Waals surface area contributed by atoms with Gasteiger partial charge in [-0.1, -0.05) is 6.08 Å². The van der Waals surface area contributed by atoms with Crippen LogP contribution in [0.3, 0.4) is 0 Å². The van der Waals surface area contributed by atoms with E-state index in [0.717, 1.165) is 23.9 Å². The molecule has 0 saturated heterocycles. The standard InChI is InChI=1S/C19H23F2NO6S2/c1-11(2)28-18(23)13-6-4-5-7-16(13)30(25,26)22-17-14(20)8-12(9-15(17)21)10-27-19(24)29-3/h6,8-9,11,16,22H,4-5,7,10H2,1-3H3. The zero-order valence-electron chi connectivity index (χ0n) is 16.7. The Morgan fingerprint density at radius 2 is 1.90 bits per heavy atom. The third-order valence-corrected chi connectivity index (χ3v) is 6.38. The van der Waals surface area contributed by atoms with Gasteiger partial charge in [0, 0.05) is 0 Å². The van der Waals surface area contributed by atoms with E-state index in [1.807, 2.05) is 4.72 Å². The van der Waals surface area contributed by atoms with E-state index in [-0.39, 0.29) is 24.2 Å². The van der Waals surface area contributed by atoms with Crippen molar-refractivity contribution in [1.82, 2.24) is 0 Å². The lowest BCUT2D eigenvalue weighted by Crippen LogP contribution is -2.35. The third-order valence-electron chi connectivity index (χ3n) is 4.20. The van der Waals surface area contributed by atoms with Crippen LogP contribution in [-0.2, 0) is 30.9 Å². The number of thioether (sulfide) groups is 1. The number of ether oxygens (including phenoxy) is 2. The number of benzene rings is 1. The first-order valence-corrected chi connectivity index (χ1v) is 11.9. The summed E-state index contributed by atoms with van der Waals surface area (Å²) in [6.45, 7) is 2.90. The molecule has 0 saturated carbocycles. The van der Waals surface area contributed by atoms with Gasteiger partial charge in [-0.25, -0.2) is 26.8 Å². The maximum atomic E-state index is 14.4. The summed E-state index contributed by atoms with van der Waals surface area (Å²) in [7, 11) is -4.34. The average Bonchev–Trinajstić information content (AvgIpc) is 2.68. The van der Waals surface area contributed by atoms with Crippen LogP contribution < -0.4 is 4.72 Å². The minimum atomic E-state index is -4.34. The predicted octanol–water partition coefficient (Wildman–Crippen LogP) is 4.14. The van der Waals surface area contributed by atoms with Crippen LogP contribution in [0, 0.1) is 11.6 Å². The first-order valence-electron chi connectivity index (χ1n) is 9.16. The van der Waals surface area contributed by atoms with E-state index in [2.05, 4.69) is 0 Å². The van der Waals surface area contributed by atoms with Crippen molar-refractivity contribution >= 4 is 38.7 Å². The lowest BCUT2D eigenvalue weighted by atomic mass is 9.99. The molecule has 2 rings (SSSR count). The number of carbonyl (C=O) groups excluding carboxylic acids is 2. The molecule has 1 aromatic rings. The highest BCUT2D eigenvalue weighted by atomic mass is 32.2. The maximum Gasteiger partial charge on any atom is 0.367 e. The van der Waals surface area contributed by atoms with Gasteiger partial charge in [-0.05, 0) is 68.8 Å². The summed E-state index contributed by atoms with van der Waals surface area (Å²) in [4.78, 5) is 23.4. The Morgan fingerprint density at radius 3 is 2.47 bits per heavy atom. The number of sulfonamides is 1. The van der Waals surface area contributed by atoms with Gasteiger partial charge in [0.2, 0.25) is 10.0 Å². The quantitative estimate of drug-likeness (QED) is 0.607. The van der Waals surface area contributed by atoms with Crippen molar-refractivity contribution < 1.29 is 36.3 Å². The molecule has 11 heteroatoms. The van der Waals surface area contributed by atoms with E-state index < -0.39 is 50.0 Å². The number of halogens is 2. The number of hydrogen-bond acceptors (Lipinski definition) is 7. The molecule has 1 unspecified atom stereocenters. The molecular weight excluding hydrogens is 440 g/mol. The van der Waals surface area contributed by atoms with Gasteiger partial charge in [-0.3, -0.25) is 4.72 Å². The summed E-state index contributed by atoms with van der Waals surface area (Å²) in [6, 6.07) is 1.75. The van der Waals surface area contributed by atoms with Crippen LogP contribution in [0.15, 0.2) is 23.8 Å². The topological polar surface area (TPSA) is 98.8 Å². The summed E-state index contributed by atoms with van der Waals surface area (Å²) in [6.07, 6.45) is 3.63. The van der Waals surface area contributed by atoms with E-state index in [4.69, 9.17) is 9.47 Å². The lowest BCUT2D eigenvalue weighted by Gasteiger charge is -2.24. The van der Waals surface area contributed by atoms with E-state index in [1.165, 1.54) is 12.3 Å². The maximum absolute atomic E-state index is 14.4. The molecular formula is C19H23F2NO6S2. The van der Waals surface area contributed by atoms with Crippen LogP contribution in [0.1, 0.15) is 38.7 Å². The normalized spacial score (nSPS) is 16.7. The van der Waals surface area contributed by atoms with Crippen molar-refractivity contribution in [3.05, 3.63) is 41.0 Å². The van der Waals surface area contributed by atoms with E-state index >= 15 is 0 Å². The molecule has 0 aromatic heterocycles. The first-order chi connectivity index (χ1) is 14.0. The van der Waals surface area contributed by atoms with Gasteiger partial charge in [-0.15, -0.1) is 0 Å². The molecule has 0 heterocycles. The van der Waals surface area contributed by atoms with Crippen molar-refractivity contribution in [2.24, 2.45) is 0 Å². The number of rotatable bonds is 7. The van der Waals surface area contributed by atoms with Crippen LogP contribution in [0.5, 0.6) is 0 Å². The second-order valence-corrected chi connectivity index (χ2v) is 9.46. The Morgan fingerprint density at radius 1 is 1.27 bits per heavy atom. The molecule has 0 fully saturated rings. The van der Waals surface area contributed by atoms with Crippen molar-refractivity contribution in [2.75, 3.05) is 11.0 Å². The largest absolute Gasteiger partial charge is 0.460 e. The van der Waals surface area contributed by atoms with Crippen molar-refractivity contribution in [3.63, 3.8) is 0 Å². The number of hydrogen-bond donors (Lipinski definition) is 1. The fourth-order valence-corrected chi connectivity index (χ4v) is 4.69. The number of nitrogens with one attached hydrogen (secondary N) is 1. The molecule has 1 aliphatic rings. The highest BCUT2D eigenvalue weighted by molar-refractivity contribution is 8.12. The minimum absolute atomic E-state index is 0.0223. The summed E-state index contributed by atoms with van der Waals surface area (Å²) >= 11 is 0.802. The molecule has 30 heavy (non-hydrogen) atoms. The summed E-state index contributed by atoms with van der Waals surface area (Å²) in [5, 5.41) is -1.91. The number of carbonyl (C=O) groups is 2. The Labute approximate surface area is 178 Å². The second-order valence-electron chi connectivity index (χ2n) is 6.86. The van der Waals surface area contributed by atoms with E-state index in [0.29, 0.717) is 12.8 Å². The minimum Gasteiger partial charge on any atom is -0.460 e. The third kappa shape index (κ3) is 6.18. The first kappa shape index (κ1) is 24.1. The smallest absolute Gasteiger partial charge is 0.367 e. The van der Waals surface area contributed by atoms with Gasteiger partial charge in [0.1, 0.15) is 17.5 Å². The molecule has 7 nitrogen and oxygen atoms in total. The van der Waals surface area contributed by atoms with Gasteiger partial charge in [0.25, 0.3) is 0 Å². The van der Waals surface area contributed by atoms with Crippen molar-refractivity contribution in [3.8, 4) is 0 Å². The van der Waals surface area contributed by atoms with Gasteiger partial charge in [0.15, 0.2) is 11.6 Å². The lowest BCUT2D eigenvalue weighted by molar-refractivity contribution is -0.142. The predicted molar refractivity (Wildman–Crippen MR) is 110 cm³/mol. The number of esters is 1. The highest BCUT2D eigenvalue weighted by Gasteiger charge is 2.36. The number of allylic oxidation sites excluding steroid dienone is 1. The molecule has 1 atom stereocenters. The Kier molecular flexibility index (Phi) is 8.25. The fourth-order valence-electron chi connectivity index (χ4n) is 2.89. The van der Waals surface area contributed by atoms with Gasteiger partial charge >= 0.3 is 11.3 Å². The van der Waals surface area contributed by atoms with Crippen LogP contribution >= 0.6 is 11.8 Å².